The van der Waals surface area contributed by atoms with Gasteiger partial charge in [-0.2, -0.15) is 0 Å². The van der Waals surface area contributed by atoms with Crippen LogP contribution in [-0.2, 0) is 9.30 Å². The largest absolute Gasteiger partial charge is 1.00 e. The fraction of sp³-hybridized carbons (Fsp3) is 0.0625. The first-order valence-electron chi connectivity index (χ1n) is 7.50. The van der Waals surface area contributed by atoms with E-state index in [1.807, 2.05) is 36.4 Å². The molecule has 0 atom stereocenters. The Hall–Kier alpha value is 0.150. The van der Waals surface area contributed by atoms with Gasteiger partial charge < -0.3 is 34.0 Å². The molecule has 0 saturated carbocycles. The molecule has 0 unspecified atom stereocenters. The molecule has 1 aromatic heterocycles. The molecule has 0 bridgehead atoms. The number of aromatic nitrogens is 2. The molecule has 1 amide bonds. The fourth-order valence-electron chi connectivity index (χ4n) is 1.88. The van der Waals surface area contributed by atoms with Crippen molar-refractivity contribution in [1.29, 1.82) is 0 Å². The van der Waals surface area contributed by atoms with Gasteiger partial charge >= 0.3 is 94.8 Å². The number of benzene rings is 2. The minimum atomic E-state index is -5.43. The van der Waals surface area contributed by atoms with Gasteiger partial charge in [0.25, 0.3) is 0 Å². The first kappa shape index (κ1) is 33.3. The topological polar surface area (TPSA) is 170 Å². The van der Waals surface area contributed by atoms with Crippen LogP contribution >= 0.6 is 19.4 Å². The molecule has 2 aromatic carbocycles. The second-order valence-electron chi connectivity index (χ2n) is 5.06. The second kappa shape index (κ2) is 15.9. The van der Waals surface area contributed by atoms with Gasteiger partial charge in [-0.15, -0.1) is 0 Å². The Balaban J connectivity index is 0. The molecule has 15 heteroatoms. The molecule has 0 aliphatic carbocycles. The molecule has 2 N–H and O–H groups in total. The third-order valence-electron chi connectivity index (χ3n) is 3.06. The van der Waals surface area contributed by atoms with Crippen LogP contribution < -0.4 is 109 Å². The number of hydrogen-bond acceptors (Lipinski definition) is 9. The SMILES string of the molecule is COC(=O)Nc1nc2ccc(Sc3ccccc3)cc2[nH]1.O=C([O-])P(=O)([O-])[O-].[Na+].[Na+].[Na+]. The number of aromatic amines is 1. The molecule has 0 aliphatic rings. The van der Waals surface area contributed by atoms with Crippen LogP contribution in [-0.4, -0.2) is 28.9 Å². The molecule has 0 saturated heterocycles. The maximum Gasteiger partial charge on any atom is 1.00 e. The summed E-state index contributed by atoms with van der Waals surface area (Å²) in [5, 5.41) is 11.5. The van der Waals surface area contributed by atoms with Crippen LogP contribution in [0.5, 0.6) is 0 Å². The van der Waals surface area contributed by atoms with Gasteiger partial charge in [-0.25, -0.2) is 9.78 Å². The van der Waals surface area contributed by atoms with Crippen LogP contribution in [0.1, 0.15) is 0 Å². The normalized spacial score (nSPS) is 9.65. The number of H-pyrrole nitrogens is 1. The molecular formula is C16H13N3Na3O7PS. The number of fused-ring (bicyclic) bond motifs is 1. The zero-order valence-corrected chi connectivity index (χ0v) is 25.0. The molecule has 3 aromatic rings. The van der Waals surface area contributed by atoms with Crippen molar-refractivity contribution in [3.63, 3.8) is 0 Å². The van der Waals surface area contributed by atoms with Crippen molar-refractivity contribution in [1.82, 2.24) is 9.97 Å². The van der Waals surface area contributed by atoms with E-state index in [2.05, 4.69) is 32.2 Å². The number of hydrogen-bond donors (Lipinski definition) is 2. The van der Waals surface area contributed by atoms with Crippen LogP contribution in [0.3, 0.4) is 0 Å². The van der Waals surface area contributed by atoms with Crippen LogP contribution in [0, 0.1) is 0 Å². The summed E-state index contributed by atoms with van der Waals surface area (Å²) < 4.78 is 13.7. The molecule has 31 heavy (non-hydrogen) atoms. The van der Waals surface area contributed by atoms with E-state index in [-0.39, 0.29) is 88.7 Å². The van der Waals surface area contributed by atoms with Crippen molar-refractivity contribution in [3.8, 4) is 0 Å². The number of anilines is 1. The number of methoxy groups -OCH3 is 1. The molecule has 0 fully saturated rings. The molecular weight excluding hydrogens is 478 g/mol. The van der Waals surface area contributed by atoms with Crippen molar-refractivity contribution in [3.05, 3.63) is 48.5 Å². The second-order valence-corrected chi connectivity index (χ2v) is 7.57. The third-order valence-corrected chi connectivity index (χ3v) is 4.51. The van der Waals surface area contributed by atoms with Gasteiger partial charge in [-0.05, 0) is 37.9 Å². The van der Waals surface area contributed by atoms with Crippen molar-refractivity contribution in [2.75, 3.05) is 12.4 Å². The predicted molar refractivity (Wildman–Crippen MR) is 95.7 cm³/mol. The first-order valence-corrected chi connectivity index (χ1v) is 9.86. The molecule has 10 nitrogen and oxygen atoms in total. The van der Waals surface area contributed by atoms with E-state index in [1.165, 1.54) is 12.0 Å². The number of nitrogens with one attached hydrogen (secondary N) is 2. The monoisotopic (exact) mass is 491 g/mol. The van der Waals surface area contributed by atoms with Gasteiger partial charge in [0.15, 0.2) is 0 Å². The minimum absolute atomic E-state index is 0. The fourth-order valence-corrected chi connectivity index (χ4v) is 2.76. The first-order chi connectivity index (χ1) is 13.2. The molecule has 1 heterocycles. The average Bonchev–Trinajstić information content (AvgIpc) is 3.03. The summed E-state index contributed by atoms with van der Waals surface area (Å²) >= 11 is 1.67. The minimum Gasteiger partial charge on any atom is -0.807 e. The zero-order chi connectivity index (χ0) is 20.7. The van der Waals surface area contributed by atoms with Crippen molar-refractivity contribution in [2.24, 2.45) is 0 Å². The van der Waals surface area contributed by atoms with E-state index < -0.39 is 19.4 Å². The number of ether oxygens (including phenoxy) is 1. The van der Waals surface area contributed by atoms with Crippen LogP contribution in [0.4, 0.5) is 15.5 Å². The van der Waals surface area contributed by atoms with Crippen molar-refractivity contribution >= 4 is 48.1 Å². The van der Waals surface area contributed by atoms with Gasteiger partial charge in [-0.3, -0.25) is 5.32 Å². The summed E-state index contributed by atoms with van der Waals surface area (Å²) in [6, 6.07) is 16.1. The van der Waals surface area contributed by atoms with E-state index in [4.69, 9.17) is 24.3 Å². The number of amides is 1. The van der Waals surface area contributed by atoms with Crippen LogP contribution in [0.2, 0.25) is 0 Å². The Kier molecular flexibility index (Phi) is 17.1. The van der Waals surface area contributed by atoms with Crippen LogP contribution in [0.15, 0.2) is 58.3 Å². The number of rotatable bonds is 4. The third kappa shape index (κ3) is 11.7. The van der Waals surface area contributed by atoms with Gasteiger partial charge in [0.2, 0.25) is 5.95 Å². The van der Waals surface area contributed by atoms with Gasteiger partial charge in [0.05, 0.1) is 23.9 Å². The Bertz CT molecular complexity index is 1030. The summed E-state index contributed by atoms with van der Waals surface area (Å²) in [6.07, 6.45) is -0.548. The Morgan fingerprint density at radius 3 is 2.16 bits per heavy atom. The Morgan fingerprint density at radius 2 is 1.65 bits per heavy atom. The summed E-state index contributed by atoms with van der Waals surface area (Å²) in [5.74, 6) is 0.374. The quantitative estimate of drug-likeness (QED) is 0.266. The molecule has 148 valence electrons. The van der Waals surface area contributed by atoms with Crippen molar-refractivity contribution < 1.29 is 122 Å². The maximum absolute atomic E-state index is 11.2. The standard InChI is InChI=1S/C15H13N3O2S.CH3O5P.3Na/c1-20-15(19)18-14-16-12-8-7-11(9-13(12)17-14)21-10-5-3-2-4-6-10;2-1(3)7(4,5)6;;;/h2-9H,1H3,(H2,16,17,18,19);(H,2,3)(H2,4,5,6);;;/q;;3*+1/p-3. The Labute approximate surface area is 248 Å². The van der Waals surface area contributed by atoms with E-state index in [9.17, 15) is 4.79 Å². The zero-order valence-electron chi connectivity index (χ0n) is 17.3. The number of imidazole rings is 1. The number of carbonyl (C=O) groups excluding carboxylic acids is 2. The van der Waals surface area contributed by atoms with Gasteiger partial charge in [0, 0.05) is 9.79 Å². The van der Waals surface area contributed by atoms with Gasteiger partial charge in [0.1, 0.15) is 0 Å². The maximum atomic E-state index is 11.2. The average molecular weight is 491 g/mol. The number of carboxylic acid groups (broad SMARTS) is 1. The summed E-state index contributed by atoms with van der Waals surface area (Å²) in [7, 11) is -4.12. The van der Waals surface area contributed by atoms with Crippen LogP contribution in [0.25, 0.3) is 11.0 Å². The predicted octanol–water partition coefficient (Wildman–Crippen LogP) is -7.85. The Morgan fingerprint density at radius 1 is 1.06 bits per heavy atom. The molecule has 3 rings (SSSR count). The number of carbonyl (C=O) groups is 2. The molecule has 0 radical (unpaired) electrons. The summed E-state index contributed by atoms with van der Waals surface area (Å²) in [4.78, 5) is 48.1. The molecule has 0 aliphatic heterocycles. The van der Waals surface area contributed by atoms with E-state index in [1.54, 1.807) is 11.8 Å². The van der Waals surface area contributed by atoms with Gasteiger partial charge in [-0.1, -0.05) is 30.0 Å². The summed E-state index contributed by atoms with van der Waals surface area (Å²) in [6.45, 7) is 0. The van der Waals surface area contributed by atoms with Crippen molar-refractivity contribution in [2.45, 2.75) is 9.79 Å². The van der Waals surface area contributed by atoms with E-state index in [0.717, 1.165) is 15.9 Å². The summed E-state index contributed by atoms with van der Waals surface area (Å²) in [5.41, 5.74) is -0.909. The molecule has 0 spiro atoms. The van der Waals surface area contributed by atoms with E-state index in [0.29, 0.717) is 5.95 Å². The number of nitrogens with zero attached hydrogens (tertiary/aromatic N) is 1. The van der Waals surface area contributed by atoms with E-state index >= 15 is 0 Å². The smallest absolute Gasteiger partial charge is 0.807 e.